The van der Waals surface area contributed by atoms with Crippen LogP contribution in [0.25, 0.3) is 77.5 Å². The average molecular weight is 735 g/mol. The van der Waals surface area contributed by atoms with Crippen LogP contribution in [0.2, 0.25) is 0 Å². The molecule has 0 fully saturated rings. The van der Waals surface area contributed by atoms with Crippen LogP contribution in [0.5, 0.6) is 0 Å². The number of hydrogen-bond donors (Lipinski definition) is 0. The highest BCUT2D eigenvalue weighted by Crippen LogP contribution is 2.31. The molecule has 7 aromatic carbocycles. The number of para-hydroxylation sites is 4. The normalized spacial score (nSPS) is 10.7. The van der Waals surface area contributed by atoms with Crippen molar-refractivity contribution in [3.63, 3.8) is 0 Å². The second-order valence-electron chi connectivity index (χ2n) is 14.0. The van der Waals surface area contributed by atoms with Crippen molar-refractivity contribution < 1.29 is 0 Å². The van der Waals surface area contributed by atoms with Crippen LogP contribution in [-0.2, 0) is 0 Å². The largest absolute Gasteiger partial charge is 0.253 e. The first-order valence-electron chi connectivity index (χ1n) is 19.2. The Hall–Kier alpha value is -7.30. The van der Waals surface area contributed by atoms with Crippen molar-refractivity contribution in [1.29, 1.82) is 0 Å². The number of aryl methyl sites for hydroxylation is 3. The van der Waals surface area contributed by atoms with Crippen LogP contribution in [0.3, 0.4) is 0 Å². The summed E-state index contributed by atoms with van der Waals surface area (Å²) in [5.74, 6) is 0. The quantitative estimate of drug-likeness (QED) is 0.181. The van der Waals surface area contributed by atoms with E-state index in [1.165, 1.54) is 44.2 Å². The predicted molar refractivity (Wildman–Crippen MR) is 239 cm³/mol. The summed E-state index contributed by atoms with van der Waals surface area (Å²) in [6, 6.07) is 68.8. The maximum absolute atomic E-state index is 4.68. The van der Waals surface area contributed by atoms with E-state index >= 15 is 0 Å². The molecule has 4 heteroatoms. The summed E-state index contributed by atoms with van der Waals surface area (Å²) in [7, 11) is 0. The van der Waals surface area contributed by atoms with Gasteiger partial charge < -0.3 is 0 Å². The first kappa shape index (κ1) is 36.7. The lowest BCUT2D eigenvalue weighted by Gasteiger charge is -2.09. The molecule has 0 amide bonds. The number of rotatable bonds is 4. The summed E-state index contributed by atoms with van der Waals surface area (Å²) in [5.41, 5.74) is 16.6. The zero-order valence-corrected chi connectivity index (χ0v) is 32.3. The van der Waals surface area contributed by atoms with Crippen LogP contribution in [0.1, 0.15) is 17.1 Å². The first-order valence-corrected chi connectivity index (χ1v) is 19.2. The van der Waals surface area contributed by atoms with Gasteiger partial charge in [0.15, 0.2) is 0 Å². The molecule has 0 atom stereocenters. The molecule has 4 nitrogen and oxygen atoms in total. The molecule has 3 heterocycles. The highest BCUT2D eigenvalue weighted by Gasteiger charge is 2.09. The van der Waals surface area contributed by atoms with E-state index in [-0.39, 0.29) is 0 Å². The van der Waals surface area contributed by atoms with Crippen molar-refractivity contribution in [2.24, 2.45) is 0 Å². The van der Waals surface area contributed by atoms with E-state index in [1.807, 2.05) is 87.5 Å². The minimum absolute atomic E-state index is 0.942. The van der Waals surface area contributed by atoms with Gasteiger partial charge in [-0.1, -0.05) is 164 Å². The fourth-order valence-electron chi connectivity index (χ4n) is 7.14. The number of benzene rings is 7. The summed E-state index contributed by atoms with van der Waals surface area (Å²) in [5, 5.41) is 2.41. The van der Waals surface area contributed by atoms with Gasteiger partial charge in [0, 0.05) is 27.7 Å². The molecule has 0 unspecified atom stereocenters. The van der Waals surface area contributed by atoms with E-state index in [0.717, 1.165) is 50.4 Å². The van der Waals surface area contributed by atoms with E-state index in [0.29, 0.717) is 0 Å². The first-order chi connectivity index (χ1) is 28.0. The molecular weight excluding hydrogens is 693 g/mol. The molecule has 0 saturated carbocycles. The van der Waals surface area contributed by atoms with Gasteiger partial charge in [0.05, 0.1) is 33.5 Å². The lowest BCUT2D eigenvalue weighted by Crippen LogP contribution is -1.93. The molecule has 0 radical (unpaired) electrons. The van der Waals surface area contributed by atoms with Crippen LogP contribution < -0.4 is 0 Å². The highest BCUT2D eigenvalue weighted by atomic mass is 14.8. The molecule has 274 valence electrons. The topological polar surface area (TPSA) is 51.6 Å². The predicted octanol–water partition coefficient (Wildman–Crippen LogP) is 13.7. The van der Waals surface area contributed by atoms with E-state index in [1.54, 1.807) is 0 Å². The van der Waals surface area contributed by atoms with Gasteiger partial charge in [0.1, 0.15) is 0 Å². The number of aromatic nitrogens is 4. The zero-order chi connectivity index (χ0) is 39.0. The molecule has 0 saturated heterocycles. The van der Waals surface area contributed by atoms with Gasteiger partial charge in [-0.05, 0) is 90.6 Å². The molecule has 57 heavy (non-hydrogen) atoms. The Morgan fingerprint density at radius 2 is 0.632 bits per heavy atom. The summed E-state index contributed by atoms with van der Waals surface area (Å²) in [6.45, 7) is 6.09. The van der Waals surface area contributed by atoms with Gasteiger partial charge in [0.2, 0.25) is 0 Å². The van der Waals surface area contributed by atoms with Crippen molar-refractivity contribution in [2.45, 2.75) is 20.8 Å². The molecule has 0 aliphatic heterocycles. The number of pyridine rings is 2. The lowest BCUT2D eigenvalue weighted by molar-refractivity contribution is 1.19. The van der Waals surface area contributed by atoms with Crippen LogP contribution in [0.4, 0.5) is 0 Å². The van der Waals surface area contributed by atoms with Gasteiger partial charge >= 0.3 is 0 Å². The fourth-order valence-corrected chi connectivity index (χ4v) is 7.14. The second kappa shape index (κ2) is 17.0. The maximum Gasteiger partial charge on any atom is 0.0922 e. The smallest absolute Gasteiger partial charge is 0.0922 e. The number of nitrogens with zero attached hydrogens (tertiary/aromatic N) is 4. The maximum atomic E-state index is 4.68. The van der Waals surface area contributed by atoms with E-state index in [4.69, 9.17) is 0 Å². The van der Waals surface area contributed by atoms with Crippen molar-refractivity contribution in [3.05, 3.63) is 217 Å². The molecular formula is C53H42N4. The second-order valence-corrected chi connectivity index (χ2v) is 14.0. The third-order valence-corrected chi connectivity index (χ3v) is 9.87. The molecule has 0 N–H and O–H groups in total. The third kappa shape index (κ3) is 8.51. The molecule has 3 aromatic heterocycles. The minimum Gasteiger partial charge on any atom is -0.253 e. The zero-order valence-electron chi connectivity index (χ0n) is 32.3. The Bertz CT molecular complexity index is 2910. The van der Waals surface area contributed by atoms with Gasteiger partial charge in [0.25, 0.3) is 0 Å². The van der Waals surface area contributed by atoms with E-state index < -0.39 is 0 Å². The third-order valence-electron chi connectivity index (χ3n) is 9.87. The van der Waals surface area contributed by atoms with E-state index in [9.17, 15) is 0 Å². The molecule has 0 aliphatic carbocycles. The van der Waals surface area contributed by atoms with Gasteiger partial charge in [-0.3, -0.25) is 9.97 Å². The average Bonchev–Trinajstić information content (AvgIpc) is 3.27. The Kier molecular flexibility index (Phi) is 10.9. The van der Waals surface area contributed by atoms with Gasteiger partial charge in [-0.2, -0.15) is 0 Å². The minimum atomic E-state index is 0.942. The van der Waals surface area contributed by atoms with Crippen molar-refractivity contribution in [3.8, 4) is 44.6 Å². The number of hydrogen-bond acceptors (Lipinski definition) is 4. The Labute approximate surface area is 334 Å². The fraction of sp³-hybridized carbons (Fsp3) is 0.0566. The van der Waals surface area contributed by atoms with E-state index in [2.05, 4.69) is 153 Å². The van der Waals surface area contributed by atoms with Crippen molar-refractivity contribution in [1.82, 2.24) is 19.9 Å². The molecule has 0 spiro atoms. The van der Waals surface area contributed by atoms with Crippen LogP contribution in [0.15, 0.2) is 200 Å². The van der Waals surface area contributed by atoms with Crippen molar-refractivity contribution >= 4 is 32.8 Å². The lowest BCUT2D eigenvalue weighted by atomic mass is 9.97. The molecule has 10 aromatic rings. The Balaban J connectivity index is 0.000000122. The monoisotopic (exact) mass is 734 g/mol. The van der Waals surface area contributed by atoms with Crippen molar-refractivity contribution in [2.75, 3.05) is 0 Å². The van der Waals surface area contributed by atoms with Crippen LogP contribution in [-0.4, -0.2) is 19.9 Å². The van der Waals surface area contributed by atoms with Gasteiger partial charge in [-0.15, -0.1) is 0 Å². The molecule has 0 aliphatic rings. The SMILES string of the molecule is Cc1cc(-c2ccc(-c3ccccc3)cc2)c2ccccc2n1.Cc1cc(-c2ccccc2)c2ccccc2n1.Cc1nc2ccccc2nc1-c1ccccc1. The standard InChI is InChI=1S/C22H17N.C16H13N.C15H12N2/c1-16-15-21(20-9-5-6-10-22(20)23-16)19-13-11-18(12-14-19)17-7-3-2-4-8-17;1-12-11-15(13-7-3-2-4-8-13)14-9-5-6-10-16(14)17-12;1-11-15(12-7-3-2-4-8-12)17-14-10-6-5-9-13(14)16-11/h2-15H,1H3;2-11H,1H3;2-10H,1H3. The van der Waals surface area contributed by atoms with Crippen LogP contribution in [0, 0.1) is 20.8 Å². The molecule has 0 bridgehead atoms. The summed E-state index contributed by atoms with van der Waals surface area (Å²) >= 11 is 0. The summed E-state index contributed by atoms with van der Waals surface area (Å²) in [6.07, 6.45) is 0. The van der Waals surface area contributed by atoms with Gasteiger partial charge in [-0.25, -0.2) is 9.97 Å². The highest BCUT2D eigenvalue weighted by molar-refractivity contribution is 5.96. The summed E-state index contributed by atoms with van der Waals surface area (Å²) < 4.78 is 0. The molecule has 10 rings (SSSR count). The Morgan fingerprint density at radius 3 is 1.14 bits per heavy atom. The summed E-state index contributed by atoms with van der Waals surface area (Å²) in [4.78, 5) is 18.5. The Morgan fingerprint density at radius 1 is 0.281 bits per heavy atom. The van der Waals surface area contributed by atoms with Crippen LogP contribution >= 0.6 is 0 Å². The number of fused-ring (bicyclic) bond motifs is 3.